The lowest BCUT2D eigenvalue weighted by Crippen LogP contribution is -2.13. The molecule has 174 valence electrons. The van der Waals surface area contributed by atoms with Crippen molar-refractivity contribution in [2.75, 3.05) is 5.32 Å². The van der Waals surface area contributed by atoms with Crippen molar-refractivity contribution >= 4 is 84.0 Å². The Morgan fingerprint density at radius 2 is 1.66 bits per heavy atom. The molecule has 0 saturated carbocycles. The first-order chi connectivity index (χ1) is 16.8. The van der Waals surface area contributed by atoms with Crippen LogP contribution in [0.2, 0.25) is 15.1 Å². The van der Waals surface area contributed by atoms with Gasteiger partial charge >= 0.3 is 0 Å². The van der Waals surface area contributed by atoms with Crippen molar-refractivity contribution in [1.82, 2.24) is 9.97 Å². The van der Waals surface area contributed by atoms with Gasteiger partial charge in [0.05, 0.1) is 27.5 Å². The summed E-state index contributed by atoms with van der Waals surface area (Å²) in [6.07, 6.45) is 0. The summed E-state index contributed by atoms with van der Waals surface area (Å²) < 4.78 is 0.852. The van der Waals surface area contributed by atoms with E-state index in [2.05, 4.69) is 26.2 Å². The van der Waals surface area contributed by atoms with Crippen molar-refractivity contribution in [3.63, 3.8) is 0 Å². The first-order valence-corrected chi connectivity index (χ1v) is 13.1. The second-order valence-corrected chi connectivity index (χ2v) is 11.1. The Bertz CT molecular complexity index is 1600. The summed E-state index contributed by atoms with van der Waals surface area (Å²) >= 11 is 23.4. The summed E-state index contributed by atoms with van der Waals surface area (Å²) in [5.74, 6) is -0.284. The molecule has 3 aromatic carbocycles. The zero-order chi connectivity index (χ0) is 24.7. The highest BCUT2D eigenvalue weighted by molar-refractivity contribution is 9.10. The molecule has 0 spiro atoms. The van der Waals surface area contributed by atoms with E-state index in [0.717, 1.165) is 25.9 Å². The van der Waals surface area contributed by atoms with E-state index in [4.69, 9.17) is 39.8 Å². The van der Waals surface area contributed by atoms with Crippen LogP contribution in [-0.2, 0) is 0 Å². The predicted octanol–water partition coefficient (Wildman–Crippen LogP) is 9.31. The number of aryl methyl sites for hydroxylation is 1. The van der Waals surface area contributed by atoms with Crippen LogP contribution < -0.4 is 5.32 Å². The van der Waals surface area contributed by atoms with Crippen LogP contribution in [0, 0.1) is 6.92 Å². The summed E-state index contributed by atoms with van der Waals surface area (Å²) in [5, 5.41) is 5.84. The number of benzene rings is 3. The fourth-order valence-corrected chi connectivity index (χ4v) is 5.51. The van der Waals surface area contributed by atoms with Gasteiger partial charge in [-0.05, 0) is 61.5 Å². The molecule has 0 fully saturated rings. The van der Waals surface area contributed by atoms with E-state index in [-0.39, 0.29) is 5.91 Å². The highest BCUT2D eigenvalue weighted by atomic mass is 79.9. The third kappa shape index (κ3) is 5.08. The number of fused-ring (bicyclic) bond motifs is 1. The summed E-state index contributed by atoms with van der Waals surface area (Å²) in [6.45, 7) is 1.94. The first kappa shape index (κ1) is 24.2. The Labute approximate surface area is 229 Å². The fraction of sp³-hybridized carbons (Fsp3) is 0.0385. The molecule has 0 aliphatic heterocycles. The summed E-state index contributed by atoms with van der Waals surface area (Å²) in [5.41, 5.74) is 4.18. The molecule has 35 heavy (non-hydrogen) atoms. The topological polar surface area (TPSA) is 54.9 Å². The Kier molecular flexibility index (Phi) is 6.84. The molecular weight excluding hydrogens is 589 g/mol. The minimum absolute atomic E-state index is 0.284. The van der Waals surface area contributed by atoms with Crippen molar-refractivity contribution in [1.29, 1.82) is 0 Å². The number of thiazole rings is 1. The highest BCUT2D eigenvalue weighted by Crippen LogP contribution is 2.36. The van der Waals surface area contributed by atoms with Crippen molar-refractivity contribution in [2.24, 2.45) is 0 Å². The zero-order valence-corrected chi connectivity index (χ0v) is 22.7. The average molecular weight is 604 g/mol. The summed E-state index contributed by atoms with van der Waals surface area (Å²) in [7, 11) is 0. The number of rotatable bonds is 4. The van der Waals surface area contributed by atoms with Gasteiger partial charge in [0.25, 0.3) is 5.91 Å². The van der Waals surface area contributed by atoms with Gasteiger partial charge in [-0.3, -0.25) is 10.1 Å². The van der Waals surface area contributed by atoms with Gasteiger partial charge in [-0.2, -0.15) is 0 Å². The molecule has 0 atom stereocenters. The number of nitrogens with zero attached hydrogens (tertiary/aromatic N) is 2. The maximum Gasteiger partial charge on any atom is 0.258 e. The standard InChI is InChI=1S/C26H15BrCl3N3OS/c1-13-24(18-8-7-17(29)11-21(18)30)32-26(35-13)33-25(34)20-12-23(14-2-5-16(28)6-3-14)31-22-9-4-15(27)10-19(20)22/h2-12H,1H3,(H,32,33,34). The molecule has 0 saturated heterocycles. The predicted molar refractivity (Wildman–Crippen MR) is 150 cm³/mol. The largest absolute Gasteiger partial charge is 0.298 e. The van der Waals surface area contributed by atoms with Gasteiger partial charge in [0.15, 0.2) is 5.13 Å². The van der Waals surface area contributed by atoms with Crippen LogP contribution in [0.15, 0.2) is 71.2 Å². The van der Waals surface area contributed by atoms with E-state index in [9.17, 15) is 4.79 Å². The van der Waals surface area contributed by atoms with Crippen molar-refractivity contribution < 1.29 is 4.79 Å². The molecule has 1 amide bonds. The molecule has 0 aliphatic carbocycles. The quantitative estimate of drug-likeness (QED) is 0.223. The Morgan fingerprint density at radius 1 is 0.914 bits per heavy atom. The van der Waals surface area contributed by atoms with Gasteiger partial charge < -0.3 is 0 Å². The lowest BCUT2D eigenvalue weighted by Gasteiger charge is -2.10. The molecule has 0 radical (unpaired) electrons. The molecule has 5 aromatic rings. The van der Waals surface area contributed by atoms with Crippen molar-refractivity contribution in [3.05, 3.63) is 96.7 Å². The number of aromatic nitrogens is 2. The van der Waals surface area contributed by atoms with Gasteiger partial charge in [0, 0.05) is 35.9 Å². The molecule has 0 unspecified atom stereocenters. The maximum absolute atomic E-state index is 13.5. The first-order valence-electron chi connectivity index (χ1n) is 10.4. The molecule has 2 aromatic heterocycles. The Morgan fingerprint density at radius 3 is 2.40 bits per heavy atom. The molecule has 5 rings (SSSR count). The van der Waals surface area contributed by atoms with E-state index in [0.29, 0.717) is 42.7 Å². The third-order valence-electron chi connectivity index (χ3n) is 5.36. The number of hydrogen-bond donors (Lipinski definition) is 1. The van der Waals surface area contributed by atoms with E-state index < -0.39 is 0 Å². The molecule has 1 N–H and O–H groups in total. The fourth-order valence-electron chi connectivity index (χ4n) is 3.70. The van der Waals surface area contributed by atoms with Crippen LogP contribution in [-0.4, -0.2) is 15.9 Å². The normalized spacial score (nSPS) is 11.1. The zero-order valence-electron chi connectivity index (χ0n) is 18.1. The number of nitrogens with one attached hydrogen (secondary N) is 1. The summed E-state index contributed by atoms with van der Waals surface area (Å²) in [4.78, 5) is 23.8. The molecule has 2 heterocycles. The smallest absolute Gasteiger partial charge is 0.258 e. The van der Waals surface area contributed by atoms with Crippen LogP contribution in [0.5, 0.6) is 0 Å². The second-order valence-electron chi connectivity index (χ2n) is 7.73. The second kappa shape index (κ2) is 9.88. The van der Waals surface area contributed by atoms with E-state index in [1.54, 1.807) is 30.3 Å². The number of amides is 1. The number of hydrogen-bond acceptors (Lipinski definition) is 4. The van der Waals surface area contributed by atoms with Gasteiger partial charge in [-0.1, -0.05) is 62.9 Å². The van der Waals surface area contributed by atoms with E-state index in [1.165, 1.54) is 11.3 Å². The Balaban J connectivity index is 1.54. The van der Waals surface area contributed by atoms with Crippen LogP contribution >= 0.6 is 62.1 Å². The monoisotopic (exact) mass is 601 g/mol. The molecule has 0 aliphatic rings. The van der Waals surface area contributed by atoms with Crippen LogP contribution in [0.1, 0.15) is 15.2 Å². The summed E-state index contributed by atoms with van der Waals surface area (Å²) in [6, 6.07) is 20.1. The molecule has 9 heteroatoms. The Hall–Kier alpha value is -2.48. The minimum Gasteiger partial charge on any atom is -0.298 e. The van der Waals surface area contributed by atoms with Gasteiger partial charge in [0.2, 0.25) is 0 Å². The number of pyridine rings is 1. The van der Waals surface area contributed by atoms with Crippen LogP contribution in [0.4, 0.5) is 5.13 Å². The van der Waals surface area contributed by atoms with Crippen molar-refractivity contribution in [3.8, 4) is 22.5 Å². The van der Waals surface area contributed by atoms with Gasteiger partial charge in [0.1, 0.15) is 0 Å². The van der Waals surface area contributed by atoms with Crippen LogP contribution in [0.25, 0.3) is 33.4 Å². The molecular formula is C26H15BrCl3N3OS. The molecule has 4 nitrogen and oxygen atoms in total. The lowest BCUT2D eigenvalue weighted by molar-refractivity contribution is 0.102. The number of carbonyl (C=O) groups is 1. The van der Waals surface area contributed by atoms with Crippen LogP contribution in [0.3, 0.4) is 0 Å². The number of carbonyl (C=O) groups excluding carboxylic acids is 1. The van der Waals surface area contributed by atoms with Crippen molar-refractivity contribution in [2.45, 2.75) is 6.92 Å². The highest BCUT2D eigenvalue weighted by Gasteiger charge is 2.18. The van der Waals surface area contributed by atoms with E-state index >= 15 is 0 Å². The van der Waals surface area contributed by atoms with Gasteiger partial charge in [-0.15, -0.1) is 11.3 Å². The lowest BCUT2D eigenvalue weighted by atomic mass is 10.0. The number of halogens is 4. The van der Waals surface area contributed by atoms with Gasteiger partial charge in [-0.25, -0.2) is 9.97 Å². The minimum atomic E-state index is -0.284. The SMILES string of the molecule is Cc1sc(NC(=O)c2cc(-c3ccc(Cl)cc3)nc3ccc(Br)cc23)nc1-c1ccc(Cl)cc1Cl. The maximum atomic E-state index is 13.5. The average Bonchev–Trinajstić information content (AvgIpc) is 3.18. The third-order valence-corrected chi connectivity index (χ3v) is 7.54. The number of anilines is 1. The van der Waals surface area contributed by atoms with E-state index in [1.807, 2.05) is 43.3 Å². The molecule has 0 bridgehead atoms.